The highest BCUT2D eigenvalue weighted by molar-refractivity contribution is 5.67. The number of anilines is 2. The summed E-state index contributed by atoms with van der Waals surface area (Å²) in [6, 6.07) is 13.9. The van der Waals surface area contributed by atoms with Gasteiger partial charge >= 0.3 is 5.97 Å². The molecule has 0 aliphatic rings. The number of benzene rings is 1. The summed E-state index contributed by atoms with van der Waals surface area (Å²) >= 11 is 0. The monoisotopic (exact) mass is 299 g/mol. The van der Waals surface area contributed by atoms with Crippen LogP contribution in [-0.2, 0) is 11.3 Å². The molecule has 2 rings (SSSR count). The summed E-state index contributed by atoms with van der Waals surface area (Å²) in [5.41, 5.74) is 2.07. The molecule has 0 aliphatic carbocycles. The van der Waals surface area contributed by atoms with Gasteiger partial charge in [0.05, 0.1) is 18.3 Å². The van der Waals surface area contributed by atoms with Gasteiger partial charge in [-0.25, -0.2) is 4.98 Å². The Morgan fingerprint density at radius 1 is 1.14 bits per heavy atom. The number of carboxylic acids is 1. The molecular formula is C17H21N3O2. The third kappa shape index (κ3) is 4.48. The molecule has 0 saturated carbocycles. The third-order valence-corrected chi connectivity index (χ3v) is 3.37. The summed E-state index contributed by atoms with van der Waals surface area (Å²) < 4.78 is 0. The highest BCUT2D eigenvalue weighted by Crippen LogP contribution is 2.19. The lowest BCUT2D eigenvalue weighted by atomic mass is 10.2. The number of nitrogens with zero attached hydrogens (tertiary/aromatic N) is 3. The average molecular weight is 299 g/mol. The van der Waals surface area contributed by atoms with Crippen LogP contribution in [0.25, 0.3) is 0 Å². The van der Waals surface area contributed by atoms with Crippen LogP contribution in [0.5, 0.6) is 0 Å². The number of carboxylic acid groups (broad SMARTS) is 1. The van der Waals surface area contributed by atoms with E-state index in [0.29, 0.717) is 13.1 Å². The Balaban J connectivity index is 2.17. The van der Waals surface area contributed by atoms with Crippen LogP contribution in [0.2, 0.25) is 0 Å². The zero-order valence-electron chi connectivity index (χ0n) is 12.9. The predicted octanol–water partition coefficient (Wildman–Crippen LogP) is 2.63. The van der Waals surface area contributed by atoms with Crippen LogP contribution in [0.1, 0.15) is 12.0 Å². The second-order valence-electron chi connectivity index (χ2n) is 5.32. The molecule has 116 valence electrons. The first-order valence-electron chi connectivity index (χ1n) is 7.20. The lowest BCUT2D eigenvalue weighted by molar-refractivity contribution is -0.136. The molecule has 0 spiro atoms. The van der Waals surface area contributed by atoms with Crippen molar-refractivity contribution in [1.82, 2.24) is 4.98 Å². The number of aromatic nitrogens is 1. The SMILES string of the molecule is CN(C)c1ccc(N(CCC(=O)O)Cc2ccccc2)cn1. The van der Waals surface area contributed by atoms with Gasteiger partial charge in [-0.05, 0) is 17.7 Å². The van der Waals surface area contributed by atoms with Crippen molar-refractivity contribution in [1.29, 1.82) is 0 Å². The highest BCUT2D eigenvalue weighted by atomic mass is 16.4. The maximum absolute atomic E-state index is 10.9. The Morgan fingerprint density at radius 3 is 2.41 bits per heavy atom. The van der Waals surface area contributed by atoms with Gasteiger partial charge in [-0.3, -0.25) is 4.79 Å². The van der Waals surface area contributed by atoms with Gasteiger partial charge in [0, 0.05) is 27.2 Å². The predicted molar refractivity (Wildman–Crippen MR) is 88.3 cm³/mol. The number of hydrogen-bond acceptors (Lipinski definition) is 4. The molecular weight excluding hydrogens is 278 g/mol. The first-order valence-corrected chi connectivity index (χ1v) is 7.20. The molecule has 2 aromatic rings. The summed E-state index contributed by atoms with van der Waals surface area (Å²) in [4.78, 5) is 19.3. The Labute approximate surface area is 130 Å². The summed E-state index contributed by atoms with van der Waals surface area (Å²) in [6.45, 7) is 1.12. The van der Waals surface area contributed by atoms with Crippen molar-refractivity contribution in [2.24, 2.45) is 0 Å². The number of hydrogen-bond donors (Lipinski definition) is 1. The van der Waals surface area contributed by atoms with Crippen molar-refractivity contribution in [3.05, 3.63) is 54.2 Å². The van der Waals surface area contributed by atoms with Gasteiger partial charge in [-0.15, -0.1) is 0 Å². The molecule has 0 radical (unpaired) electrons. The molecule has 1 aromatic heterocycles. The molecule has 0 amide bonds. The molecule has 22 heavy (non-hydrogen) atoms. The van der Waals surface area contributed by atoms with E-state index in [2.05, 4.69) is 4.98 Å². The standard InChI is InChI=1S/C17H21N3O2/c1-19(2)16-9-8-15(12-18-16)20(11-10-17(21)22)13-14-6-4-3-5-7-14/h3-9,12H,10-11,13H2,1-2H3,(H,21,22). The molecule has 0 saturated heterocycles. The molecule has 0 atom stereocenters. The number of pyridine rings is 1. The van der Waals surface area contributed by atoms with Gasteiger partial charge < -0.3 is 14.9 Å². The molecule has 0 aliphatic heterocycles. The molecule has 5 heteroatoms. The fourth-order valence-corrected chi connectivity index (χ4v) is 2.16. The number of carbonyl (C=O) groups is 1. The minimum absolute atomic E-state index is 0.0995. The van der Waals surface area contributed by atoms with Crippen LogP contribution >= 0.6 is 0 Å². The summed E-state index contributed by atoms with van der Waals surface area (Å²) in [5.74, 6) is 0.0811. The fraction of sp³-hybridized carbons (Fsp3) is 0.294. The van der Waals surface area contributed by atoms with Crippen molar-refractivity contribution < 1.29 is 9.90 Å². The Hall–Kier alpha value is -2.56. The first kappa shape index (κ1) is 15.8. The van der Waals surface area contributed by atoms with E-state index >= 15 is 0 Å². The smallest absolute Gasteiger partial charge is 0.305 e. The van der Waals surface area contributed by atoms with Crippen molar-refractivity contribution in [2.75, 3.05) is 30.4 Å². The number of aliphatic carboxylic acids is 1. The second-order valence-corrected chi connectivity index (χ2v) is 5.32. The maximum Gasteiger partial charge on any atom is 0.305 e. The third-order valence-electron chi connectivity index (χ3n) is 3.37. The summed E-state index contributed by atoms with van der Waals surface area (Å²) in [7, 11) is 3.88. The van der Waals surface area contributed by atoms with E-state index in [0.717, 1.165) is 17.1 Å². The molecule has 0 fully saturated rings. The van der Waals surface area contributed by atoms with Crippen LogP contribution in [0.3, 0.4) is 0 Å². The average Bonchev–Trinajstić information content (AvgIpc) is 2.52. The van der Waals surface area contributed by atoms with Crippen molar-refractivity contribution in [3.8, 4) is 0 Å². The Bertz CT molecular complexity index is 597. The first-order chi connectivity index (χ1) is 10.6. The van der Waals surface area contributed by atoms with Gasteiger partial charge in [0.25, 0.3) is 0 Å². The van der Waals surface area contributed by atoms with E-state index in [1.807, 2.05) is 66.4 Å². The zero-order valence-corrected chi connectivity index (χ0v) is 12.9. The molecule has 5 nitrogen and oxygen atoms in total. The van der Waals surface area contributed by atoms with Gasteiger partial charge in [0.2, 0.25) is 0 Å². The Morgan fingerprint density at radius 2 is 1.86 bits per heavy atom. The highest BCUT2D eigenvalue weighted by Gasteiger charge is 2.10. The summed E-state index contributed by atoms with van der Waals surface area (Å²) in [6.07, 6.45) is 1.89. The molecule has 1 N–H and O–H groups in total. The molecule has 1 aromatic carbocycles. The van der Waals surface area contributed by atoms with E-state index in [9.17, 15) is 4.79 Å². The number of rotatable bonds is 7. The minimum Gasteiger partial charge on any atom is -0.481 e. The second kappa shape index (κ2) is 7.45. The van der Waals surface area contributed by atoms with Crippen LogP contribution < -0.4 is 9.80 Å². The lowest BCUT2D eigenvalue weighted by Crippen LogP contribution is -2.26. The normalized spacial score (nSPS) is 10.3. The zero-order chi connectivity index (χ0) is 15.9. The van der Waals surface area contributed by atoms with Crippen LogP contribution in [-0.4, -0.2) is 36.7 Å². The lowest BCUT2D eigenvalue weighted by Gasteiger charge is -2.24. The van der Waals surface area contributed by atoms with Crippen LogP contribution in [0.4, 0.5) is 11.5 Å². The van der Waals surface area contributed by atoms with E-state index in [1.165, 1.54) is 0 Å². The quantitative estimate of drug-likeness (QED) is 0.851. The topological polar surface area (TPSA) is 56.7 Å². The van der Waals surface area contributed by atoms with E-state index in [-0.39, 0.29) is 6.42 Å². The van der Waals surface area contributed by atoms with Gasteiger partial charge in [0.15, 0.2) is 0 Å². The van der Waals surface area contributed by atoms with E-state index in [1.54, 1.807) is 6.20 Å². The van der Waals surface area contributed by atoms with Gasteiger partial charge in [-0.1, -0.05) is 30.3 Å². The molecule has 0 unspecified atom stereocenters. The van der Waals surface area contributed by atoms with Crippen molar-refractivity contribution in [2.45, 2.75) is 13.0 Å². The fourth-order valence-electron chi connectivity index (χ4n) is 2.16. The largest absolute Gasteiger partial charge is 0.481 e. The summed E-state index contributed by atoms with van der Waals surface area (Å²) in [5, 5.41) is 8.94. The Kier molecular flexibility index (Phi) is 5.36. The van der Waals surface area contributed by atoms with Crippen LogP contribution in [0.15, 0.2) is 48.7 Å². The van der Waals surface area contributed by atoms with Crippen molar-refractivity contribution >= 4 is 17.5 Å². The van der Waals surface area contributed by atoms with Gasteiger partial charge in [-0.2, -0.15) is 0 Å². The van der Waals surface area contributed by atoms with E-state index < -0.39 is 5.97 Å². The molecule has 0 bridgehead atoms. The minimum atomic E-state index is -0.795. The van der Waals surface area contributed by atoms with E-state index in [4.69, 9.17) is 5.11 Å². The molecule has 1 heterocycles. The van der Waals surface area contributed by atoms with Crippen molar-refractivity contribution in [3.63, 3.8) is 0 Å². The van der Waals surface area contributed by atoms with Crippen LogP contribution in [0, 0.1) is 0 Å². The van der Waals surface area contributed by atoms with Gasteiger partial charge in [0.1, 0.15) is 5.82 Å². The maximum atomic E-state index is 10.9.